The topological polar surface area (TPSA) is 67.3 Å². The molecule has 28 heavy (non-hydrogen) atoms. The fourth-order valence-corrected chi connectivity index (χ4v) is 3.90. The Labute approximate surface area is 164 Å². The van der Waals surface area contributed by atoms with Crippen LogP contribution in [0.25, 0.3) is 0 Å². The monoisotopic (exact) mass is 384 g/mol. The van der Waals surface area contributed by atoms with Gasteiger partial charge >= 0.3 is 0 Å². The Kier molecular flexibility index (Phi) is 5.41. The van der Waals surface area contributed by atoms with E-state index in [1.54, 1.807) is 12.1 Å². The number of carbonyl (C=O) groups excluding carboxylic acids is 1. The van der Waals surface area contributed by atoms with E-state index in [2.05, 4.69) is 15.3 Å². The summed E-state index contributed by atoms with van der Waals surface area (Å²) in [6, 6.07) is 5.16. The van der Waals surface area contributed by atoms with Crippen LogP contribution in [0, 0.1) is 5.95 Å². The standard InChI is InChI=1S/C21H25FN4O2/c1-26-9-10-28-19-15(11-14-7-8-23-18(22)12-14)13-17(25-20(19)26)21(27)24-16-5-3-2-4-6-16/h7-8,12-13,16H,2-6,9-11H2,1H3,(H,24,27). The van der Waals surface area contributed by atoms with Crippen LogP contribution in [-0.4, -0.2) is 42.1 Å². The zero-order valence-electron chi connectivity index (χ0n) is 16.1. The molecule has 4 rings (SSSR count). The van der Waals surface area contributed by atoms with Gasteiger partial charge in [-0.3, -0.25) is 4.79 Å². The molecule has 2 aliphatic rings. The number of amides is 1. The number of hydrogen-bond acceptors (Lipinski definition) is 5. The maximum Gasteiger partial charge on any atom is 0.270 e. The first kappa shape index (κ1) is 18.7. The van der Waals surface area contributed by atoms with Crippen LogP contribution in [0.4, 0.5) is 10.2 Å². The Balaban J connectivity index is 1.65. The van der Waals surface area contributed by atoms with Gasteiger partial charge in [0.1, 0.15) is 12.3 Å². The van der Waals surface area contributed by atoms with E-state index in [4.69, 9.17) is 4.74 Å². The lowest BCUT2D eigenvalue weighted by Gasteiger charge is -2.29. The largest absolute Gasteiger partial charge is 0.488 e. The number of hydrogen-bond donors (Lipinski definition) is 1. The lowest BCUT2D eigenvalue weighted by Crippen LogP contribution is -2.37. The van der Waals surface area contributed by atoms with Gasteiger partial charge in [-0.2, -0.15) is 4.39 Å². The van der Waals surface area contributed by atoms with Crippen LogP contribution < -0.4 is 15.0 Å². The molecule has 1 aliphatic heterocycles. The van der Waals surface area contributed by atoms with Gasteiger partial charge in [0.2, 0.25) is 5.95 Å². The molecule has 148 valence electrons. The van der Waals surface area contributed by atoms with Crippen molar-refractivity contribution in [1.82, 2.24) is 15.3 Å². The van der Waals surface area contributed by atoms with Crippen molar-refractivity contribution < 1.29 is 13.9 Å². The first-order chi connectivity index (χ1) is 13.6. The zero-order valence-corrected chi connectivity index (χ0v) is 16.1. The van der Waals surface area contributed by atoms with E-state index in [-0.39, 0.29) is 11.9 Å². The summed E-state index contributed by atoms with van der Waals surface area (Å²) in [5, 5.41) is 3.13. The molecule has 6 nitrogen and oxygen atoms in total. The van der Waals surface area contributed by atoms with Gasteiger partial charge < -0.3 is 15.0 Å². The number of halogens is 1. The molecule has 1 amide bonds. The van der Waals surface area contributed by atoms with E-state index in [1.165, 1.54) is 18.7 Å². The van der Waals surface area contributed by atoms with Crippen molar-refractivity contribution in [2.24, 2.45) is 0 Å². The molecule has 7 heteroatoms. The van der Waals surface area contributed by atoms with Gasteiger partial charge in [-0.05, 0) is 36.6 Å². The van der Waals surface area contributed by atoms with Crippen molar-refractivity contribution in [2.45, 2.75) is 44.6 Å². The van der Waals surface area contributed by atoms with E-state index < -0.39 is 5.95 Å². The molecule has 0 radical (unpaired) electrons. The van der Waals surface area contributed by atoms with Crippen LogP contribution in [0.15, 0.2) is 24.4 Å². The maximum atomic E-state index is 13.5. The molecule has 1 saturated carbocycles. The van der Waals surface area contributed by atoms with E-state index in [9.17, 15) is 9.18 Å². The minimum absolute atomic E-state index is 0.157. The first-order valence-electron chi connectivity index (χ1n) is 9.89. The van der Waals surface area contributed by atoms with Gasteiger partial charge in [0.05, 0.1) is 6.54 Å². The molecule has 0 spiro atoms. The predicted molar refractivity (Wildman–Crippen MR) is 104 cm³/mol. The Morgan fingerprint density at radius 1 is 1.32 bits per heavy atom. The third kappa shape index (κ3) is 4.08. The third-order valence-electron chi connectivity index (χ3n) is 5.43. The minimum atomic E-state index is -0.520. The number of rotatable bonds is 4. The normalized spacial score (nSPS) is 17.0. The summed E-state index contributed by atoms with van der Waals surface area (Å²) in [7, 11) is 1.94. The van der Waals surface area contributed by atoms with Gasteiger partial charge in [-0.25, -0.2) is 9.97 Å². The number of aromatic nitrogens is 2. The van der Waals surface area contributed by atoms with Crippen LogP contribution in [0.1, 0.15) is 53.7 Å². The molecule has 1 N–H and O–H groups in total. The van der Waals surface area contributed by atoms with Gasteiger partial charge in [0, 0.05) is 31.3 Å². The van der Waals surface area contributed by atoms with Crippen molar-refractivity contribution in [3.63, 3.8) is 0 Å². The quantitative estimate of drug-likeness (QED) is 0.821. The smallest absolute Gasteiger partial charge is 0.270 e. The second kappa shape index (κ2) is 8.12. The fourth-order valence-electron chi connectivity index (χ4n) is 3.90. The highest BCUT2D eigenvalue weighted by Gasteiger charge is 2.25. The number of fused-ring (bicyclic) bond motifs is 1. The molecule has 0 bridgehead atoms. The maximum absolute atomic E-state index is 13.5. The summed E-state index contributed by atoms with van der Waals surface area (Å²) in [4.78, 5) is 23.0. The van der Waals surface area contributed by atoms with Crippen molar-refractivity contribution in [3.05, 3.63) is 47.2 Å². The fraction of sp³-hybridized carbons (Fsp3) is 0.476. The molecule has 0 atom stereocenters. The van der Waals surface area contributed by atoms with Crippen LogP contribution in [-0.2, 0) is 6.42 Å². The first-order valence-corrected chi connectivity index (χ1v) is 9.89. The molecular formula is C21H25FN4O2. The number of likely N-dealkylation sites (N-methyl/N-ethyl adjacent to an activating group) is 1. The predicted octanol–water partition coefficient (Wildman–Crippen LogP) is 3.10. The Morgan fingerprint density at radius 2 is 2.14 bits per heavy atom. The molecule has 0 saturated heterocycles. The van der Waals surface area contributed by atoms with Gasteiger partial charge in [0.15, 0.2) is 11.6 Å². The Bertz CT molecular complexity index is 867. The highest BCUT2D eigenvalue weighted by atomic mass is 19.1. The zero-order chi connectivity index (χ0) is 19.5. The molecule has 1 aliphatic carbocycles. The molecule has 2 aromatic heterocycles. The molecule has 0 aromatic carbocycles. The van der Waals surface area contributed by atoms with Gasteiger partial charge in [-0.1, -0.05) is 19.3 Å². The highest BCUT2D eigenvalue weighted by molar-refractivity contribution is 5.93. The molecule has 0 unspecified atom stereocenters. The summed E-state index contributed by atoms with van der Waals surface area (Å²) >= 11 is 0. The van der Waals surface area contributed by atoms with Crippen LogP contribution in [0.2, 0.25) is 0 Å². The highest BCUT2D eigenvalue weighted by Crippen LogP contribution is 2.34. The molecular weight excluding hydrogens is 359 g/mol. The second-order valence-electron chi connectivity index (χ2n) is 7.56. The number of nitrogens with one attached hydrogen (secondary N) is 1. The lowest BCUT2D eigenvalue weighted by atomic mass is 9.95. The summed E-state index contributed by atoms with van der Waals surface area (Å²) in [5.41, 5.74) is 1.98. The van der Waals surface area contributed by atoms with E-state index in [0.29, 0.717) is 36.8 Å². The van der Waals surface area contributed by atoms with Crippen molar-refractivity contribution in [3.8, 4) is 5.75 Å². The lowest BCUT2D eigenvalue weighted by molar-refractivity contribution is 0.0922. The van der Waals surface area contributed by atoms with Crippen LogP contribution >= 0.6 is 0 Å². The number of ether oxygens (including phenoxy) is 1. The molecule has 3 heterocycles. The number of carbonyl (C=O) groups is 1. The second-order valence-corrected chi connectivity index (χ2v) is 7.56. The summed E-state index contributed by atoms with van der Waals surface area (Å²) in [6.45, 7) is 1.26. The Hall–Kier alpha value is -2.70. The summed E-state index contributed by atoms with van der Waals surface area (Å²) < 4.78 is 19.4. The summed E-state index contributed by atoms with van der Waals surface area (Å²) in [6.07, 6.45) is 7.46. The number of anilines is 1. The van der Waals surface area contributed by atoms with E-state index >= 15 is 0 Å². The number of pyridine rings is 2. The Morgan fingerprint density at radius 3 is 2.93 bits per heavy atom. The average Bonchev–Trinajstić information content (AvgIpc) is 2.69. The summed E-state index contributed by atoms with van der Waals surface area (Å²) in [5.74, 6) is 0.650. The van der Waals surface area contributed by atoms with E-state index in [1.807, 2.05) is 11.9 Å². The van der Waals surface area contributed by atoms with Gasteiger partial charge in [0.25, 0.3) is 5.91 Å². The SMILES string of the molecule is CN1CCOc2c(Cc3ccnc(F)c3)cc(C(=O)NC3CCCCC3)nc21. The minimum Gasteiger partial charge on any atom is -0.488 e. The van der Waals surface area contributed by atoms with Crippen molar-refractivity contribution in [2.75, 3.05) is 25.1 Å². The molecule has 1 fully saturated rings. The average molecular weight is 384 g/mol. The van der Waals surface area contributed by atoms with Crippen molar-refractivity contribution >= 4 is 11.7 Å². The third-order valence-corrected chi connectivity index (χ3v) is 5.43. The van der Waals surface area contributed by atoms with E-state index in [0.717, 1.165) is 36.8 Å². The van der Waals surface area contributed by atoms with Gasteiger partial charge in [-0.15, -0.1) is 0 Å². The van der Waals surface area contributed by atoms with Crippen LogP contribution in [0.5, 0.6) is 5.75 Å². The molecule has 2 aromatic rings. The van der Waals surface area contributed by atoms with Crippen LogP contribution in [0.3, 0.4) is 0 Å². The number of nitrogens with zero attached hydrogens (tertiary/aromatic N) is 3. The van der Waals surface area contributed by atoms with Crippen molar-refractivity contribution in [1.29, 1.82) is 0 Å².